The Morgan fingerprint density at radius 3 is 2.71 bits per heavy atom. The van der Waals surface area contributed by atoms with Gasteiger partial charge in [0.05, 0.1) is 13.0 Å². The molecule has 3 atom stereocenters. The Bertz CT molecular complexity index is 621. The summed E-state index contributed by atoms with van der Waals surface area (Å²) in [5.74, 6) is 2.33. The second-order valence-corrected chi connectivity index (χ2v) is 7.66. The van der Waals surface area contributed by atoms with E-state index in [-0.39, 0.29) is 17.8 Å². The van der Waals surface area contributed by atoms with E-state index in [0.29, 0.717) is 17.9 Å². The van der Waals surface area contributed by atoms with E-state index >= 15 is 0 Å². The first kappa shape index (κ1) is 15.9. The zero-order valence-electron chi connectivity index (χ0n) is 14.6. The van der Waals surface area contributed by atoms with Crippen LogP contribution in [0.15, 0.2) is 18.2 Å². The third kappa shape index (κ3) is 2.92. The molecule has 130 valence electrons. The molecule has 0 spiro atoms. The second-order valence-electron chi connectivity index (χ2n) is 7.66. The van der Waals surface area contributed by atoms with Crippen molar-refractivity contribution in [3.8, 4) is 5.75 Å². The molecular weight excluding hydrogens is 302 g/mol. The van der Waals surface area contributed by atoms with Crippen molar-refractivity contribution in [3.05, 3.63) is 29.3 Å². The molecule has 2 aliphatic heterocycles. The quantitative estimate of drug-likeness (QED) is 0.844. The Balaban J connectivity index is 1.58. The van der Waals surface area contributed by atoms with E-state index in [1.165, 1.54) is 31.1 Å². The SMILES string of the molecule is COC(=O)[C@@H](C)[C@H](c1ccc2c(c1)OC(C1CNC1)CC2)C1CC1. The highest BCUT2D eigenvalue weighted by Gasteiger charge is 2.40. The van der Waals surface area contributed by atoms with Crippen molar-refractivity contribution >= 4 is 5.97 Å². The van der Waals surface area contributed by atoms with Crippen LogP contribution in [0.4, 0.5) is 0 Å². The highest BCUT2D eigenvalue weighted by molar-refractivity contribution is 5.73. The Kier molecular flexibility index (Phi) is 4.25. The van der Waals surface area contributed by atoms with Crippen molar-refractivity contribution in [2.75, 3.05) is 20.2 Å². The molecule has 4 nitrogen and oxygen atoms in total. The smallest absolute Gasteiger partial charge is 0.309 e. The number of carbonyl (C=O) groups excluding carboxylic acids is 1. The van der Waals surface area contributed by atoms with E-state index in [0.717, 1.165) is 31.7 Å². The number of benzene rings is 1. The summed E-state index contributed by atoms with van der Waals surface area (Å²) in [5, 5.41) is 3.34. The van der Waals surface area contributed by atoms with Crippen LogP contribution in [0.5, 0.6) is 5.75 Å². The van der Waals surface area contributed by atoms with E-state index in [1.807, 2.05) is 6.92 Å². The van der Waals surface area contributed by atoms with Gasteiger partial charge in [-0.2, -0.15) is 0 Å². The number of carbonyl (C=O) groups is 1. The third-order valence-electron chi connectivity index (χ3n) is 6.03. The van der Waals surface area contributed by atoms with Gasteiger partial charge < -0.3 is 14.8 Å². The number of rotatable bonds is 5. The number of esters is 1. The van der Waals surface area contributed by atoms with Crippen LogP contribution in [-0.2, 0) is 16.0 Å². The molecule has 1 aromatic rings. The Morgan fingerprint density at radius 2 is 2.08 bits per heavy atom. The van der Waals surface area contributed by atoms with Gasteiger partial charge in [0.2, 0.25) is 0 Å². The van der Waals surface area contributed by atoms with Crippen LogP contribution in [0.1, 0.15) is 43.2 Å². The zero-order valence-corrected chi connectivity index (χ0v) is 14.6. The lowest BCUT2D eigenvalue weighted by Gasteiger charge is -2.38. The molecule has 0 radical (unpaired) electrons. The first-order valence-electron chi connectivity index (χ1n) is 9.25. The Hall–Kier alpha value is -1.55. The summed E-state index contributed by atoms with van der Waals surface area (Å²) in [5.41, 5.74) is 2.55. The van der Waals surface area contributed by atoms with Crippen LogP contribution >= 0.6 is 0 Å². The van der Waals surface area contributed by atoms with Gasteiger partial charge >= 0.3 is 5.97 Å². The molecule has 1 aliphatic carbocycles. The third-order valence-corrected chi connectivity index (χ3v) is 6.03. The molecule has 1 saturated carbocycles. The standard InChI is InChI=1S/C20H27NO3/c1-12(20(22)23-2)19(14-4-5-14)15-6-3-13-7-8-17(16-10-21-11-16)24-18(13)9-15/h3,6,9,12,14,16-17,19,21H,4-5,7-8,10-11H2,1-2H3/t12-,17?,19-/m0/s1. The maximum absolute atomic E-state index is 12.1. The van der Waals surface area contributed by atoms with Crippen molar-refractivity contribution in [1.82, 2.24) is 5.32 Å². The normalized spacial score (nSPS) is 25.8. The molecule has 1 aromatic carbocycles. The molecule has 2 heterocycles. The van der Waals surface area contributed by atoms with E-state index in [2.05, 4.69) is 23.5 Å². The fourth-order valence-corrected chi connectivity index (χ4v) is 4.28. The number of hydrogen-bond acceptors (Lipinski definition) is 4. The number of methoxy groups -OCH3 is 1. The minimum atomic E-state index is -0.107. The van der Waals surface area contributed by atoms with Crippen molar-refractivity contribution in [3.63, 3.8) is 0 Å². The minimum Gasteiger partial charge on any atom is -0.490 e. The lowest BCUT2D eigenvalue weighted by molar-refractivity contribution is -0.145. The molecule has 4 rings (SSSR count). The number of hydrogen-bond donors (Lipinski definition) is 1. The largest absolute Gasteiger partial charge is 0.490 e. The first-order chi connectivity index (χ1) is 11.7. The van der Waals surface area contributed by atoms with Crippen LogP contribution in [0.2, 0.25) is 0 Å². The number of aryl methyl sites for hydroxylation is 1. The molecule has 4 heteroatoms. The molecular formula is C20H27NO3. The molecule has 1 N–H and O–H groups in total. The predicted molar refractivity (Wildman–Crippen MR) is 92.2 cm³/mol. The summed E-state index contributed by atoms with van der Waals surface area (Å²) in [6.45, 7) is 4.14. The van der Waals surface area contributed by atoms with E-state index in [4.69, 9.17) is 9.47 Å². The molecule has 24 heavy (non-hydrogen) atoms. The van der Waals surface area contributed by atoms with E-state index in [1.54, 1.807) is 0 Å². The van der Waals surface area contributed by atoms with Gasteiger partial charge in [0.25, 0.3) is 0 Å². The molecule has 2 fully saturated rings. The molecule has 3 aliphatic rings. The van der Waals surface area contributed by atoms with Crippen molar-refractivity contribution in [1.29, 1.82) is 0 Å². The highest BCUT2D eigenvalue weighted by atomic mass is 16.5. The van der Waals surface area contributed by atoms with Crippen LogP contribution in [0.25, 0.3) is 0 Å². The first-order valence-corrected chi connectivity index (χ1v) is 9.25. The molecule has 0 aromatic heterocycles. The summed E-state index contributed by atoms with van der Waals surface area (Å²) in [6.07, 6.45) is 4.97. The molecule has 1 unspecified atom stereocenters. The predicted octanol–water partition coefficient (Wildman–Crippen LogP) is 2.90. The topological polar surface area (TPSA) is 47.6 Å². The van der Waals surface area contributed by atoms with Gasteiger partial charge in [-0.15, -0.1) is 0 Å². The Morgan fingerprint density at radius 1 is 1.29 bits per heavy atom. The summed E-state index contributed by atoms with van der Waals surface area (Å²) >= 11 is 0. The van der Waals surface area contributed by atoms with Gasteiger partial charge in [0, 0.05) is 19.0 Å². The monoisotopic (exact) mass is 329 g/mol. The zero-order chi connectivity index (χ0) is 16.7. The van der Waals surface area contributed by atoms with E-state index < -0.39 is 0 Å². The highest BCUT2D eigenvalue weighted by Crippen LogP contribution is 2.48. The van der Waals surface area contributed by atoms with Gasteiger partial charge in [-0.25, -0.2) is 0 Å². The fraction of sp³-hybridized carbons (Fsp3) is 0.650. The number of nitrogens with one attached hydrogen (secondary N) is 1. The minimum absolute atomic E-state index is 0.101. The lowest BCUT2D eigenvalue weighted by Crippen LogP contribution is -2.51. The molecule has 0 amide bonds. The van der Waals surface area contributed by atoms with Gasteiger partial charge in [0.15, 0.2) is 0 Å². The van der Waals surface area contributed by atoms with Gasteiger partial charge in [-0.3, -0.25) is 4.79 Å². The van der Waals surface area contributed by atoms with Gasteiger partial charge in [-0.05, 0) is 54.7 Å². The van der Waals surface area contributed by atoms with Crippen molar-refractivity contribution in [2.45, 2.75) is 44.6 Å². The van der Waals surface area contributed by atoms with Crippen LogP contribution in [0.3, 0.4) is 0 Å². The van der Waals surface area contributed by atoms with Crippen LogP contribution in [-0.4, -0.2) is 32.3 Å². The number of ether oxygens (including phenoxy) is 2. The lowest BCUT2D eigenvalue weighted by atomic mass is 9.82. The van der Waals surface area contributed by atoms with Gasteiger partial charge in [0.1, 0.15) is 11.9 Å². The van der Waals surface area contributed by atoms with E-state index in [9.17, 15) is 4.79 Å². The second kappa shape index (κ2) is 6.40. The average Bonchev–Trinajstić information content (AvgIpc) is 3.37. The summed E-state index contributed by atoms with van der Waals surface area (Å²) in [7, 11) is 1.48. The average molecular weight is 329 g/mol. The summed E-state index contributed by atoms with van der Waals surface area (Å²) in [6, 6.07) is 6.62. The molecule has 0 bridgehead atoms. The van der Waals surface area contributed by atoms with Gasteiger partial charge in [-0.1, -0.05) is 19.1 Å². The maximum Gasteiger partial charge on any atom is 0.309 e. The van der Waals surface area contributed by atoms with Crippen LogP contribution in [0, 0.1) is 17.8 Å². The summed E-state index contributed by atoms with van der Waals surface area (Å²) < 4.78 is 11.3. The van der Waals surface area contributed by atoms with Crippen molar-refractivity contribution < 1.29 is 14.3 Å². The maximum atomic E-state index is 12.1. The number of fused-ring (bicyclic) bond motifs is 1. The molecule has 1 saturated heterocycles. The Labute approximate surface area is 143 Å². The van der Waals surface area contributed by atoms with Crippen molar-refractivity contribution in [2.24, 2.45) is 17.8 Å². The van der Waals surface area contributed by atoms with Crippen LogP contribution < -0.4 is 10.1 Å². The summed E-state index contributed by atoms with van der Waals surface area (Å²) in [4.78, 5) is 12.1. The fourth-order valence-electron chi connectivity index (χ4n) is 4.28.